The molecule has 0 atom stereocenters. The van der Waals surface area contributed by atoms with Crippen LogP contribution < -0.4 is 20.1 Å². The molecule has 0 unspecified atom stereocenters. The first-order valence-corrected chi connectivity index (χ1v) is 8.31. The number of aromatic nitrogens is 1. The summed E-state index contributed by atoms with van der Waals surface area (Å²) in [6.45, 7) is 7.15. The number of nitrogens with zero attached hydrogens (tertiary/aromatic N) is 2. The first-order chi connectivity index (χ1) is 12.1. The molecule has 0 saturated carbocycles. The molecule has 1 heterocycles. The molecule has 0 aliphatic heterocycles. The number of guanidine groups is 1. The molecule has 0 fully saturated rings. The van der Waals surface area contributed by atoms with E-state index in [1.807, 2.05) is 31.2 Å². The lowest BCUT2D eigenvalue weighted by molar-refractivity contribution is 0.311. The average molecular weight is 474 g/mol. The number of hydrogen-bond donors (Lipinski definition) is 2. The second kappa shape index (κ2) is 10.9. The lowest BCUT2D eigenvalue weighted by atomic mass is 10.1. The van der Waals surface area contributed by atoms with Gasteiger partial charge >= 0.3 is 0 Å². The third kappa shape index (κ3) is 6.08. The number of methoxy groups -OCH3 is 1. The number of nitrogens with one attached hydrogen (secondary N) is 2. The third-order valence-electron chi connectivity index (χ3n) is 3.55. The lowest BCUT2D eigenvalue weighted by Gasteiger charge is -2.14. The summed E-state index contributed by atoms with van der Waals surface area (Å²) >= 11 is 0. The van der Waals surface area contributed by atoms with Crippen molar-refractivity contribution < 1.29 is 14.0 Å². The zero-order chi connectivity index (χ0) is 18.2. The van der Waals surface area contributed by atoms with Gasteiger partial charge in [0, 0.05) is 24.9 Å². The van der Waals surface area contributed by atoms with E-state index in [0.717, 1.165) is 17.1 Å². The van der Waals surface area contributed by atoms with Crippen molar-refractivity contribution in [2.24, 2.45) is 4.99 Å². The van der Waals surface area contributed by atoms with Crippen molar-refractivity contribution in [3.63, 3.8) is 0 Å². The number of halogens is 1. The molecular weight excluding hydrogens is 447 g/mol. The maximum atomic E-state index is 5.59. The maximum Gasteiger partial charge on any atom is 0.195 e. The highest BCUT2D eigenvalue weighted by Crippen LogP contribution is 2.30. The van der Waals surface area contributed by atoms with Crippen molar-refractivity contribution in [2.45, 2.75) is 33.2 Å². The first kappa shape index (κ1) is 22.1. The van der Waals surface area contributed by atoms with Gasteiger partial charge in [-0.05, 0) is 25.0 Å². The Balaban J connectivity index is 0.00000338. The van der Waals surface area contributed by atoms with E-state index in [1.54, 1.807) is 14.2 Å². The highest BCUT2D eigenvalue weighted by molar-refractivity contribution is 14.0. The van der Waals surface area contributed by atoms with Crippen LogP contribution in [-0.4, -0.2) is 31.9 Å². The Morgan fingerprint density at radius 3 is 2.62 bits per heavy atom. The van der Waals surface area contributed by atoms with E-state index in [4.69, 9.17) is 14.0 Å². The summed E-state index contributed by atoms with van der Waals surface area (Å²) in [7, 11) is 3.33. The van der Waals surface area contributed by atoms with Crippen LogP contribution in [0.15, 0.2) is 33.8 Å². The molecule has 8 heteroatoms. The molecule has 2 aromatic rings. The molecule has 0 aliphatic rings. The van der Waals surface area contributed by atoms with Crippen LogP contribution in [0, 0.1) is 0 Å². The van der Waals surface area contributed by atoms with E-state index in [-0.39, 0.29) is 24.0 Å². The lowest BCUT2D eigenvalue weighted by Crippen LogP contribution is -2.30. The van der Waals surface area contributed by atoms with E-state index in [9.17, 15) is 0 Å². The van der Waals surface area contributed by atoms with Crippen LogP contribution in [0.2, 0.25) is 0 Å². The molecular formula is C18H27IN4O3. The Hall–Kier alpha value is -1.97. The summed E-state index contributed by atoms with van der Waals surface area (Å²) in [6.07, 6.45) is 0. The fourth-order valence-corrected chi connectivity index (χ4v) is 2.19. The zero-order valence-electron chi connectivity index (χ0n) is 15.8. The summed E-state index contributed by atoms with van der Waals surface area (Å²) in [5.74, 6) is 3.10. The molecule has 1 aromatic heterocycles. The Kier molecular flexibility index (Phi) is 9.25. The molecule has 144 valence electrons. The van der Waals surface area contributed by atoms with Crippen LogP contribution >= 0.6 is 24.0 Å². The SMILES string of the molecule is CCOc1cc(NC(=NC)NCc2cc(C(C)C)no2)ccc1OC.I. The Bertz CT molecular complexity index is 716. The molecule has 2 N–H and O–H groups in total. The number of aliphatic imine (C=N–C) groups is 1. The molecule has 7 nitrogen and oxygen atoms in total. The van der Waals surface area contributed by atoms with Crippen molar-refractivity contribution in [3.8, 4) is 11.5 Å². The van der Waals surface area contributed by atoms with Crippen molar-refractivity contribution in [3.05, 3.63) is 35.7 Å². The van der Waals surface area contributed by atoms with Gasteiger partial charge in [-0.25, -0.2) is 0 Å². The number of hydrogen-bond acceptors (Lipinski definition) is 5. The molecule has 1 aromatic carbocycles. The highest BCUT2D eigenvalue weighted by atomic mass is 127. The second-order valence-corrected chi connectivity index (χ2v) is 5.72. The van der Waals surface area contributed by atoms with Gasteiger partial charge in [0.15, 0.2) is 23.2 Å². The van der Waals surface area contributed by atoms with E-state index in [0.29, 0.717) is 36.5 Å². The van der Waals surface area contributed by atoms with Crippen LogP contribution in [0.25, 0.3) is 0 Å². The van der Waals surface area contributed by atoms with Crippen LogP contribution in [-0.2, 0) is 6.54 Å². The number of benzene rings is 1. The number of anilines is 1. The minimum absolute atomic E-state index is 0. The molecule has 0 spiro atoms. The minimum atomic E-state index is 0. The van der Waals surface area contributed by atoms with Crippen molar-refractivity contribution >= 4 is 35.6 Å². The number of ether oxygens (including phenoxy) is 2. The van der Waals surface area contributed by atoms with E-state index >= 15 is 0 Å². The van der Waals surface area contributed by atoms with Crippen LogP contribution in [0.5, 0.6) is 11.5 Å². The van der Waals surface area contributed by atoms with Gasteiger partial charge in [0.05, 0.1) is 26.0 Å². The molecule has 0 saturated heterocycles. The van der Waals surface area contributed by atoms with Crippen LogP contribution in [0.3, 0.4) is 0 Å². The summed E-state index contributed by atoms with van der Waals surface area (Å²) in [6, 6.07) is 7.58. The van der Waals surface area contributed by atoms with Gasteiger partial charge in [-0.3, -0.25) is 4.99 Å². The normalized spacial score (nSPS) is 11.1. The predicted molar refractivity (Wildman–Crippen MR) is 114 cm³/mol. The van der Waals surface area contributed by atoms with E-state index in [1.165, 1.54) is 0 Å². The quantitative estimate of drug-likeness (QED) is 0.359. The maximum absolute atomic E-state index is 5.59. The van der Waals surface area contributed by atoms with Gasteiger partial charge in [0.1, 0.15) is 0 Å². The Labute approximate surface area is 171 Å². The molecule has 0 radical (unpaired) electrons. The van der Waals surface area contributed by atoms with E-state index < -0.39 is 0 Å². The summed E-state index contributed by atoms with van der Waals surface area (Å²) < 4.78 is 16.2. The van der Waals surface area contributed by atoms with Gasteiger partial charge < -0.3 is 24.6 Å². The number of rotatable bonds is 7. The van der Waals surface area contributed by atoms with Gasteiger partial charge in [-0.15, -0.1) is 24.0 Å². The smallest absolute Gasteiger partial charge is 0.195 e. The Morgan fingerprint density at radius 1 is 1.27 bits per heavy atom. The predicted octanol–water partition coefficient (Wildman–Crippen LogP) is 4.01. The summed E-state index contributed by atoms with van der Waals surface area (Å²) in [5, 5.41) is 10.5. The van der Waals surface area contributed by atoms with Gasteiger partial charge in [0.2, 0.25) is 0 Å². The largest absolute Gasteiger partial charge is 0.493 e. The zero-order valence-corrected chi connectivity index (χ0v) is 18.2. The van der Waals surface area contributed by atoms with Crippen molar-refractivity contribution in [1.29, 1.82) is 0 Å². The minimum Gasteiger partial charge on any atom is -0.493 e. The molecule has 0 bridgehead atoms. The first-order valence-electron chi connectivity index (χ1n) is 8.31. The second-order valence-electron chi connectivity index (χ2n) is 5.72. The Morgan fingerprint density at radius 2 is 2.04 bits per heavy atom. The monoisotopic (exact) mass is 474 g/mol. The van der Waals surface area contributed by atoms with Gasteiger partial charge in [-0.2, -0.15) is 0 Å². The molecule has 0 aliphatic carbocycles. The molecule has 0 amide bonds. The topological polar surface area (TPSA) is 80.9 Å². The summed E-state index contributed by atoms with van der Waals surface area (Å²) in [5.41, 5.74) is 1.79. The fraction of sp³-hybridized carbons (Fsp3) is 0.444. The molecule has 2 rings (SSSR count). The van der Waals surface area contributed by atoms with Crippen LogP contribution in [0.4, 0.5) is 5.69 Å². The molecule has 26 heavy (non-hydrogen) atoms. The van der Waals surface area contributed by atoms with E-state index in [2.05, 4.69) is 34.6 Å². The van der Waals surface area contributed by atoms with Gasteiger partial charge in [-0.1, -0.05) is 19.0 Å². The van der Waals surface area contributed by atoms with Crippen LogP contribution in [0.1, 0.15) is 38.1 Å². The standard InChI is InChI=1S/C18H26N4O3.HI/c1-6-24-17-9-13(7-8-16(17)23-5)21-18(19-4)20-11-14-10-15(12(2)3)22-25-14;/h7-10,12H,6,11H2,1-5H3,(H2,19,20,21);1H. The van der Waals surface area contributed by atoms with Crippen molar-refractivity contribution in [2.75, 3.05) is 26.1 Å². The highest BCUT2D eigenvalue weighted by Gasteiger charge is 2.10. The average Bonchev–Trinajstić information content (AvgIpc) is 3.08. The van der Waals surface area contributed by atoms with Gasteiger partial charge in [0.25, 0.3) is 0 Å². The third-order valence-corrected chi connectivity index (χ3v) is 3.55. The fourth-order valence-electron chi connectivity index (χ4n) is 2.19. The summed E-state index contributed by atoms with van der Waals surface area (Å²) in [4.78, 5) is 4.22. The van der Waals surface area contributed by atoms with Crippen molar-refractivity contribution in [1.82, 2.24) is 10.5 Å².